The van der Waals surface area contributed by atoms with Crippen LogP contribution in [0.4, 0.5) is 4.39 Å². The molecule has 0 amide bonds. The summed E-state index contributed by atoms with van der Waals surface area (Å²) in [6, 6.07) is 4.45. The van der Waals surface area contributed by atoms with Gasteiger partial charge in [0, 0.05) is 31.8 Å². The first-order valence-corrected chi connectivity index (χ1v) is 7.28. The molecule has 0 bridgehead atoms. The van der Waals surface area contributed by atoms with Crippen LogP contribution in [0.5, 0.6) is 0 Å². The average molecular weight is 297 g/mol. The van der Waals surface area contributed by atoms with Crippen LogP contribution in [0, 0.1) is 5.82 Å². The summed E-state index contributed by atoms with van der Waals surface area (Å²) >= 11 is 0. The zero-order valence-electron chi connectivity index (χ0n) is 12.9. The second kappa shape index (κ2) is 8.74. The lowest BCUT2D eigenvalue weighted by atomic mass is 10.1. The van der Waals surface area contributed by atoms with Gasteiger partial charge in [-0.05, 0) is 25.0 Å². The van der Waals surface area contributed by atoms with Crippen molar-refractivity contribution in [3.05, 3.63) is 35.1 Å². The molecule has 0 radical (unpaired) electrons. The number of ether oxygens (including phenoxy) is 1. The molecule has 0 saturated heterocycles. The summed E-state index contributed by atoms with van der Waals surface area (Å²) < 4.78 is 19.2. The Balaban J connectivity index is 2.89. The fraction of sp³-hybridized carbons (Fsp3) is 0.562. The van der Waals surface area contributed by atoms with E-state index >= 15 is 0 Å². The number of carbonyl (C=O) groups is 1. The first kappa shape index (κ1) is 17.6. The predicted octanol–water partition coefficient (Wildman–Crippen LogP) is 3.16. The number of benzene rings is 1. The third kappa shape index (κ3) is 5.10. The second-order valence-electron chi connectivity index (χ2n) is 5.04. The van der Waals surface area contributed by atoms with Crippen molar-refractivity contribution in [3.8, 4) is 0 Å². The van der Waals surface area contributed by atoms with Crippen molar-refractivity contribution >= 4 is 5.97 Å². The van der Waals surface area contributed by atoms with Crippen LogP contribution in [0.15, 0.2) is 18.2 Å². The molecule has 0 aromatic heterocycles. The molecule has 21 heavy (non-hydrogen) atoms. The second-order valence-corrected chi connectivity index (χ2v) is 5.04. The van der Waals surface area contributed by atoms with Crippen LogP contribution in [-0.4, -0.2) is 42.3 Å². The fourth-order valence-corrected chi connectivity index (χ4v) is 2.43. The van der Waals surface area contributed by atoms with Crippen LogP contribution < -0.4 is 0 Å². The Morgan fingerprint density at radius 1 is 1.38 bits per heavy atom. The normalized spacial score (nSPS) is 11.3. The summed E-state index contributed by atoms with van der Waals surface area (Å²) in [4.78, 5) is 13.0. The molecule has 1 aromatic carbocycles. The number of carboxylic acids is 1. The van der Waals surface area contributed by atoms with Gasteiger partial charge in [0.15, 0.2) is 0 Å². The maximum atomic E-state index is 14.0. The molecular formula is C16H24FNO3. The molecule has 0 aliphatic rings. The van der Waals surface area contributed by atoms with Crippen molar-refractivity contribution in [1.29, 1.82) is 0 Å². The van der Waals surface area contributed by atoms with E-state index in [9.17, 15) is 9.18 Å². The van der Waals surface area contributed by atoms with Crippen LogP contribution in [0.3, 0.4) is 0 Å². The van der Waals surface area contributed by atoms with Gasteiger partial charge in [-0.15, -0.1) is 0 Å². The first-order valence-electron chi connectivity index (χ1n) is 7.28. The lowest BCUT2D eigenvalue weighted by molar-refractivity contribution is 0.0696. The van der Waals surface area contributed by atoms with E-state index in [1.165, 1.54) is 6.07 Å². The van der Waals surface area contributed by atoms with Gasteiger partial charge in [0.05, 0.1) is 12.2 Å². The van der Waals surface area contributed by atoms with Crippen molar-refractivity contribution < 1.29 is 19.0 Å². The zero-order valence-corrected chi connectivity index (χ0v) is 12.9. The molecule has 1 aromatic rings. The Labute approximate surface area is 125 Å². The van der Waals surface area contributed by atoms with E-state index < -0.39 is 11.8 Å². The highest BCUT2D eigenvalue weighted by atomic mass is 19.1. The van der Waals surface area contributed by atoms with Crippen LogP contribution in [0.25, 0.3) is 0 Å². The minimum Gasteiger partial charge on any atom is -0.478 e. The van der Waals surface area contributed by atoms with Gasteiger partial charge in [0.25, 0.3) is 0 Å². The number of nitrogens with zero attached hydrogens (tertiary/aromatic N) is 1. The van der Waals surface area contributed by atoms with Crippen LogP contribution >= 0.6 is 0 Å². The largest absolute Gasteiger partial charge is 0.478 e. The van der Waals surface area contributed by atoms with E-state index in [4.69, 9.17) is 9.84 Å². The van der Waals surface area contributed by atoms with E-state index in [-0.39, 0.29) is 5.56 Å². The molecule has 0 fully saturated rings. The molecule has 0 unspecified atom stereocenters. The molecule has 0 aliphatic carbocycles. The lowest BCUT2D eigenvalue weighted by Crippen LogP contribution is -2.36. The summed E-state index contributed by atoms with van der Waals surface area (Å²) in [5, 5.41) is 8.87. The Kier molecular flexibility index (Phi) is 7.32. The standard InChI is InChI=1S/C16H24FNO3/c1-4-14(5-2)18(8-9-21-3)11-13-7-6-12(16(19)20)10-15(13)17/h6-7,10,14H,4-5,8-9,11H2,1-3H3,(H,19,20). The van der Waals surface area contributed by atoms with Gasteiger partial charge in [-0.2, -0.15) is 0 Å². The average Bonchev–Trinajstić information content (AvgIpc) is 2.47. The minimum atomic E-state index is -1.11. The highest BCUT2D eigenvalue weighted by Gasteiger charge is 2.17. The summed E-state index contributed by atoms with van der Waals surface area (Å²) in [5.41, 5.74) is 0.491. The molecule has 0 aliphatic heterocycles. The van der Waals surface area contributed by atoms with Crippen molar-refractivity contribution in [2.45, 2.75) is 39.3 Å². The van der Waals surface area contributed by atoms with Crippen LogP contribution in [0.2, 0.25) is 0 Å². The molecule has 4 nitrogen and oxygen atoms in total. The molecule has 1 N–H and O–H groups in total. The Morgan fingerprint density at radius 2 is 2.05 bits per heavy atom. The van der Waals surface area contributed by atoms with Crippen molar-refractivity contribution in [3.63, 3.8) is 0 Å². The SMILES string of the molecule is CCC(CC)N(CCOC)Cc1ccc(C(=O)O)cc1F. The number of halogens is 1. The number of rotatable bonds is 9. The zero-order chi connectivity index (χ0) is 15.8. The molecule has 0 saturated carbocycles. The fourth-order valence-electron chi connectivity index (χ4n) is 2.43. The van der Waals surface area contributed by atoms with Gasteiger partial charge in [0.2, 0.25) is 0 Å². The highest BCUT2D eigenvalue weighted by Crippen LogP contribution is 2.17. The van der Waals surface area contributed by atoms with E-state index in [2.05, 4.69) is 18.7 Å². The molecule has 0 spiro atoms. The predicted molar refractivity (Wildman–Crippen MR) is 80.0 cm³/mol. The molecular weight excluding hydrogens is 273 g/mol. The maximum absolute atomic E-state index is 14.0. The Morgan fingerprint density at radius 3 is 2.52 bits per heavy atom. The highest BCUT2D eigenvalue weighted by molar-refractivity contribution is 5.87. The molecule has 1 rings (SSSR count). The summed E-state index contributed by atoms with van der Waals surface area (Å²) in [6.45, 7) is 5.99. The quantitative estimate of drug-likeness (QED) is 0.760. The van der Waals surface area contributed by atoms with Crippen LogP contribution in [-0.2, 0) is 11.3 Å². The first-order chi connectivity index (χ1) is 10.0. The molecule has 0 heterocycles. The van der Waals surface area contributed by atoms with Crippen LogP contribution in [0.1, 0.15) is 42.6 Å². The molecule has 5 heteroatoms. The maximum Gasteiger partial charge on any atom is 0.335 e. The van der Waals surface area contributed by atoms with Gasteiger partial charge in [0.1, 0.15) is 5.82 Å². The number of hydrogen-bond donors (Lipinski definition) is 1. The third-order valence-corrected chi connectivity index (χ3v) is 3.71. The minimum absolute atomic E-state index is 0.0257. The number of hydrogen-bond acceptors (Lipinski definition) is 3. The topological polar surface area (TPSA) is 49.8 Å². The third-order valence-electron chi connectivity index (χ3n) is 3.71. The van der Waals surface area contributed by atoms with Gasteiger partial charge >= 0.3 is 5.97 Å². The van der Waals surface area contributed by atoms with Gasteiger partial charge in [-0.3, -0.25) is 4.90 Å². The van der Waals surface area contributed by atoms with E-state index in [1.54, 1.807) is 13.2 Å². The molecule has 0 atom stereocenters. The van der Waals surface area contributed by atoms with E-state index in [0.717, 1.165) is 25.5 Å². The summed E-state index contributed by atoms with van der Waals surface area (Å²) in [5.74, 6) is -1.58. The lowest BCUT2D eigenvalue weighted by Gasteiger charge is -2.30. The Bertz CT molecular complexity index is 461. The number of carboxylic acid groups (broad SMARTS) is 1. The van der Waals surface area contributed by atoms with Crippen molar-refractivity contribution in [2.24, 2.45) is 0 Å². The Hall–Kier alpha value is -1.46. The van der Waals surface area contributed by atoms with E-state index in [0.29, 0.717) is 24.8 Å². The van der Waals surface area contributed by atoms with Gasteiger partial charge < -0.3 is 9.84 Å². The van der Waals surface area contributed by atoms with Gasteiger partial charge in [-0.1, -0.05) is 19.9 Å². The van der Waals surface area contributed by atoms with Gasteiger partial charge in [-0.25, -0.2) is 9.18 Å². The summed E-state index contributed by atoms with van der Waals surface area (Å²) in [7, 11) is 1.65. The van der Waals surface area contributed by atoms with Crippen molar-refractivity contribution in [2.75, 3.05) is 20.3 Å². The van der Waals surface area contributed by atoms with E-state index in [1.807, 2.05) is 0 Å². The monoisotopic (exact) mass is 297 g/mol. The molecule has 118 valence electrons. The smallest absolute Gasteiger partial charge is 0.335 e. The number of aromatic carboxylic acids is 1. The number of methoxy groups -OCH3 is 1. The van der Waals surface area contributed by atoms with Crippen molar-refractivity contribution in [1.82, 2.24) is 4.90 Å². The summed E-state index contributed by atoms with van der Waals surface area (Å²) in [6.07, 6.45) is 1.96.